The molecule has 0 spiro atoms. The Hall–Kier alpha value is -0.980. The minimum absolute atomic E-state index is 0.165. The second-order valence-corrected chi connectivity index (χ2v) is 5.61. The maximum atomic E-state index is 6.04. The van der Waals surface area contributed by atoms with Gasteiger partial charge in [-0.15, -0.1) is 0 Å². The monoisotopic (exact) mass is 251 g/mol. The van der Waals surface area contributed by atoms with Crippen LogP contribution in [0.15, 0.2) is 4.52 Å². The maximum absolute atomic E-state index is 6.04. The van der Waals surface area contributed by atoms with Gasteiger partial charge in [-0.25, -0.2) is 0 Å². The van der Waals surface area contributed by atoms with Crippen LogP contribution in [-0.2, 0) is 0 Å². The van der Waals surface area contributed by atoms with Crippen LogP contribution >= 0.6 is 0 Å². The molecule has 0 amide bonds. The van der Waals surface area contributed by atoms with Gasteiger partial charge in [0.25, 0.3) is 0 Å². The van der Waals surface area contributed by atoms with E-state index in [0.29, 0.717) is 11.8 Å². The van der Waals surface area contributed by atoms with E-state index in [0.717, 1.165) is 38.5 Å². The lowest BCUT2D eigenvalue weighted by molar-refractivity contribution is 0.00781. The highest BCUT2D eigenvalue weighted by Gasteiger charge is 2.36. The topological polar surface area (TPSA) is 71.4 Å². The van der Waals surface area contributed by atoms with Crippen LogP contribution in [0.4, 0.5) is 0 Å². The fourth-order valence-corrected chi connectivity index (χ4v) is 2.67. The predicted molar refractivity (Wildman–Crippen MR) is 66.8 cm³/mol. The molecule has 3 aliphatic heterocycles. The Morgan fingerprint density at radius 3 is 2.56 bits per heavy atom. The minimum Gasteiger partial charge on any atom is -0.338 e. The van der Waals surface area contributed by atoms with E-state index in [2.05, 4.69) is 33.8 Å². The zero-order valence-electron chi connectivity index (χ0n) is 11.0. The highest BCUT2D eigenvalue weighted by atomic mass is 16.5. The summed E-state index contributed by atoms with van der Waals surface area (Å²) in [4.78, 5) is 9.40. The highest BCUT2D eigenvalue weighted by Crippen LogP contribution is 2.28. The average Bonchev–Trinajstić information content (AvgIpc) is 2.88. The molecule has 0 radical (unpaired) electrons. The van der Waals surface area contributed by atoms with Gasteiger partial charge in [0, 0.05) is 32.7 Å². The molecule has 0 aliphatic carbocycles. The van der Waals surface area contributed by atoms with E-state index in [1.165, 1.54) is 0 Å². The lowest BCUT2D eigenvalue weighted by Gasteiger charge is -2.46. The van der Waals surface area contributed by atoms with Gasteiger partial charge in [0.1, 0.15) is 0 Å². The standard InChI is InChI=1S/C12H21N5O/c1-8(2)10(13)12-14-11(15-18-12)9-7-16-3-5-17(9)6-4-16/h8-10H,3-7,13H2,1-2H3/t9?,10-/m1/s1. The molecule has 2 atom stereocenters. The van der Waals surface area contributed by atoms with Crippen LogP contribution in [0.1, 0.15) is 37.6 Å². The van der Waals surface area contributed by atoms with Gasteiger partial charge in [0.2, 0.25) is 5.89 Å². The normalized spacial score (nSPS) is 33.0. The summed E-state index contributed by atoms with van der Waals surface area (Å²) in [6.45, 7) is 9.66. The Kier molecular flexibility index (Phi) is 3.09. The van der Waals surface area contributed by atoms with Crippen LogP contribution in [0.2, 0.25) is 0 Å². The van der Waals surface area contributed by atoms with Crippen molar-refractivity contribution in [1.29, 1.82) is 0 Å². The highest BCUT2D eigenvalue weighted by molar-refractivity contribution is 5.03. The third kappa shape index (κ3) is 2.04. The van der Waals surface area contributed by atoms with Crippen molar-refractivity contribution in [1.82, 2.24) is 19.9 Å². The van der Waals surface area contributed by atoms with Gasteiger partial charge in [-0.05, 0) is 5.92 Å². The molecule has 6 nitrogen and oxygen atoms in total. The van der Waals surface area contributed by atoms with E-state index in [1.54, 1.807) is 0 Å². The SMILES string of the molecule is CC(C)[C@@H](N)c1nc(C2CN3CCN2CC3)no1. The molecule has 0 aromatic carbocycles. The van der Waals surface area contributed by atoms with Crippen molar-refractivity contribution >= 4 is 0 Å². The first-order valence-electron chi connectivity index (χ1n) is 6.70. The lowest BCUT2D eigenvalue weighted by atomic mass is 10.1. The van der Waals surface area contributed by atoms with Crippen molar-refractivity contribution in [2.24, 2.45) is 11.7 Å². The van der Waals surface area contributed by atoms with Crippen LogP contribution in [0, 0.1) is 5.92 Å². The summed E-state index contributed by atoms with van der Waals surface area (Å²) >= 11 is 0. The molecule has 3 saturated heterocycles. The van der Waals surface area contributed by atoms with E-state index >= 15 is 0 Å². The summed E-state index contributed by atoms with van der Waals surface area (Å²) in [5.41, 5.74) is 6.04. The number of piperazine rings is 3. The fourth-order valence-electron chi connectivity index (χ4n) is 2.67. The molecule has 1 aromatic rings. The molecule has 0 saturated carbocycles. The minimum atomic E-state index is -0.165. The van der Waals surface area contributed by atoms with Crippen molar-refractivity contribution in [2.45, 2.75) is 25.9 Å². The molecule has 18 heavy (non-hydrogen) atoms. The number of hydrogen-bond donors (Lipinski definition) is 1. The third-order valence-corrected chi connectivity index (χ3v) is 4.04. The molecule has 1 unspecified atom stereocenters. The number of nitrogens with zero attached hydrogens (tertiary/aromatic N) is 4. The van der Waals surface area contributed by atoms with Crippen LogP contribution in [-0.4, -0.2) is 52.7 Å². The summed E-state index contributed by atoms with van der Waals surface area (Å²) in [6.07, 6.45) is 0. The Morgan fingerprint density at radius 2 is 2.00 bits per heavy atom. The largest absolute Gasteiger partial charge is 0.338 e. The predicted octanol–water partition coefficient (Wildman–Crippen LogP) is 0.398. The number of rotatable bonds is 3. The molecule has 3 fully saturated rings. The summed E-state index contributed by atoms with van der Waals surface area (Å²) in [5.74, 6) is 1.67. The molecule has 2 N–H and O–H groups in total. The van der Waals surface area contributed by atoms with Crippen LogP contribution < -0.4 is 5.73 Å². The first-order valence-corrected chi connectivity index (χ1v) is 6.70. The Labute approximate surface area is 107 Å². The smallest absolute Gasteiger partial charge is 0.243 e. The molecule has 3 aliphatic rings. The average molecular weight is 251 g/mol. The van der Waals surface area contributed by atoms with Gasteiger partial charge < -0.3 is 10.3 Å². The molecule has 4 rings (SSSR count). The molecular formula is C12H21N5O. The van der Waals surface area contributed by atoms with Gasteiger partial charge in [-0.3, -0.25) is 9.80 Å². The molecule has 100 valence electrons. The van der Waals surface area contributed by atoms with Crippen molar-refractivity contribution in [2.75, 3.05) is 32.7 Å². The Balaban J connectivity index is 1.77. The number of fused-ring (bicyclic) bond motifs is 3. The molecule has 4 heterocycles. The Morgan fingerprint density at radius 1 is 1.28 bits per heavy atom. The second kappa shape index (κ2) is 4.60. The quantitative estimate of drug-likeness (QED) is 0.838. The van der Waals surface area contributed by atoms with Gasteiger partial charge in [0.05, 0.1) is 12.1 Å². The van der Waals surface area contributed by atoms with Crippen LogP contribution in [0.25, 0.3) is 0 Å². The lowest BCUT2D eigenvalue weighted by Crippen LogP contribution is -2.57. The summed E-state index contributed by atoms with van der Waals surface area (Å²) in [5, 5.41) is 4.13. The van der Waals surface area contributed by atoms with Gasteiger partial charge in [0.15, 0.2) is 5.82 Å². The molecule has 6 heteroatoms. The molecule has 2 bridgehead atoms. The van der Waals surface area contributed by atoms with E-state index in [1.807, 2.05) is 0 Å². The first-order chi connectivity index (χ1) is 8.65. The Bertz CT molecular complexity index is 410. The van der Waals surface area contributed by atoms with E-state index in [9.17, 15) is 0 Å². The van der Waals surface area contributed by atoms with E-state index in [-0.39, 0.29) is 12.1 Å². The summed E-state index contributed by atoms with van der Waals surface area (Å²) in [6, 6.07) is 0.117. The first kappa shape index (κ1) is 12.1. The van der Waals surface area contributed by atoms with Gasteiger partial charge in [-0.2, -0.15) is 4.98 Å². The van der Waals surface area contributed by atoms with E-state index < -0.39 is 0 Å². The van der Waals surface area contributed by atoms with Crippen LogP contribution in [0.5, 0.6) is 0 Å². The van der Waals surface area contributed by atoms with Crippen molar-refractivity contribution in [3.63, 3.8) is 0 Å². The third-order valence-electron chi connectivity index (χ3n) is 4.04. The maximum Gasteiger partial charge on any atom is 0.243 e. The van der Waals surface area contributed by atoms with Crippen molar-refractivity contribution < 1.29 is 4.52 Å². The number of aromatic nitrogens is 2. The van der Waals surface area contributed by atoms with Crippen molar-refractivity contribution in [3.05, 3.63) is 11.7 Å². The summed E-state index contributed by atoms with van der Waals surface area (Å²) in [7, 11) is 0. The summed E-state index contributed by atoms with van der Waals surface area (Å²) < 4.78 is 5.32. The van der Waals surface area contributed by atoms with E-state index in [4.69, 9.17) is 10.3 Å². The van der Waals surface area contributed by atoms with Crippen LogP contribution in [0.3, 0.4) is 0 Å². The molecular weight excluding hydrogens is 230 g/mol. The number of hydrogen-bond acceptors (Lipinski definition) is 6. The zero-order valence-corrected chi connectivity index (χ0v) is 11.0. The van der Waals surface area contributed by atoms with Crippen molar-refractivity contribution in [3.8, 4) is 0 Å². The van der Waals surface area contributed by atoms with Gasteiger partial charge >= 0.3 is 0 Å². The van der Waals surface area contributed by atoms with Gasteiger partial charge in [-0.1, -0.05) is 19.0 Å². The zero-order chi connectivity index (χ0) is 12.7. The number of nitrogens with two attached hydrogens (primary N) is 1. The second-order valence-electron chi connectivity index (χ2n) is 5.61. The molecule has 1 aromatic heterocycles. The fraction of sp³-hybridized carbons (Fsp3) is 0.833.